The second kappa shape index (κ2) is 8.93. The molecule has 0 aromatic heterocycles. The molecule has 29 heavy (non-hydrogen) atoms. The third-order valence-electron chi connectivity index (χ3n) is 3.91. The van der Waals surface area contributed by atoms with Gasteiger partial charge in [0.05, 0.1) is 16.8 Å². The van der Waals surface area contributed by atoms with Crippen LogP contribution in [0.25, 0.3) is 0 Å². The molecule has 0 unspecified atom stereocenters. The summed E-state index contributed by atoms with van der Waals surface area (Å²) in [6, 6.07) is 12.3. The molecule has 0 atom stereocenters. The number of carbonyl (C=O) groups excluding carboxylic acids is 1. The Hall–Kier alpha value is -2.43. The number of carbonyl (C=O) groups is 1. The lowest BCUT2D eigenvalue weighted by atomic mass is 10.2. The third kappa shape index (κ3) is 6.28. The summed E-state index contributed by atoms with van der Waals surface area (Å²) in [7, 11) is -7.31. The van der Waals surface area contributed by atoms with Gasteiger partial charge in [0.25, 0.3) is 0 Å². The molecule has 0 aliphatic rings. The van der Waals surface area contributed by atoms with Crippen LogP contribution in [0.1, 0.15) is 19.4 Å². The smallest absolute Gasteiger partial charge is 0.245 e. The Balaban J connectivity index is 2.16. The number of amides is 1. The van der Waals surface area contributed by atoms with Crippen molar-refractivity contribution in [3.8, 4) is 0 Å². The van der Waals surface area contributed by atoms with E-state index in [1.165, 1.54) is 24.3 Å². The molecule has 0 aliphatic carbocycles. The van der Waals surface area contributed by atoms with Gasteiger partial charge in [-0.25, -0.2) is 21.6 Å². The van der Waals surface area contributed by atoms with E-state index in [4.69, 9.17) is 0 Å². The summed E-state index contributed by atoms with van der Waals surface area (Å²) >= 11 is 0. The van der Waals surface area contributed by atoms with Crippen molar-refractivity contribution >= 4 is 37.3 Å². The largest absolute Gasteiger partial charge is 0.325 e. The lowest BCUT2D eigenvalue weighted by Crippen LogP contribution is -2.37. The van der Waals surface area contributed by atoms with E-state index >= 15 is 0 Å². The van der Waals surface area contributed by atoms with Crippen LogP contribution in [-0.4, -0.2) is 41.6 Å². The molecule has 2 aromatic rings. The minimum atomic E-state index is -3.68. The first kappa shape index (κ1) is 22.9. The van der Waals surface area contributed by atoms with E-state index < -0.39 is 32.5 Å². The number of sulfonamides is 2. The third-order valence-corrected chi connectivity index (χ3v) is 6.71. The van der Waals surface area contributed by atoms with Crippen LogP contribution in [0.3, 0.4) is 0 Å². The van der Waals surface area contributed by atoms with E-state index in [9.17, 15) is 21.6 Å². The topological polar surface area (TPSA) is 113 Å². The van der Waals surface area contributed by atoms with Crippen molar-refractivity contribution in [2.45, 2.75) is 31.7 Å². The molecular formula is C19H25N3O5S2. The molecule has 0 spiro atoms. The zero-order valence-corrected chi connectivity index (χ0v) is 18.3. The maximum Gasteiger partial charge on any atom is 0.245 e. The van der Waals surface area contributed by atoms with Crippen molar-refractivity contribution in [3.63, 3.8) is 0 Å². The van der Waals surface area contributed by atoms with Gasteiger partial charge in [0.15, 0.2) is 0 Å². The van der Waals surface area contributed by atoms with E-state index in [1.807, 2.05) is 0 Å². The van der Waals surface area contributed by atoms with Gasteiger partial charge < -0.3 is 5.32 Å². The van der Waals surface area contributed by atoms with Gasteiger partial charge in [-0.3, -0.25) is 9.10 Å². The fraction of sp³-hybridized carbons (Fsp3) is 0.316. The second-order valence-corrected chi connectivity index (χ2v) is 10.5. The highest BCUT2D eigenvalue weighted by molar-refractivity contribution is 7.92. The highest BCUT2D eigenvalue weighted by atomic mass is 32.2. The lowest BCUT2D eigenvalue weighted by Gasteiger charge is -2.23. The number of nitrogens with zero attached hydrogens (tertiary/aromatic N) is 1. The Kier molecular flexibility index (Phi) is 7.04. The van der Waals surface area contributed by atoms with Gasteiger partial charge in [-0.1, -0.05) is 18.2 Å². The normalized spacial score (nSPS) is 12.0. The first-order valence-corrected chi connectivity index (χ1v) is 12.2. The van der Waals surface area contributed by atoms with E-state index in [1.54, 1.807) is 45.0 Å². The molecule has 2 rings (SSSR count). The molecule has 0 radical (unpaired) electrons. The monoisotopic (exact) mass is 439 g/mol. The number of nitrogens with one attached hydrogen (secondary N) is 2. The number of hydrogen-bond donors (Lipinski definition) is 2. The van der Waals surface area contributed by atoms with Gasteiger partial charge in [0.1, 0.15) is 6.54 Å². The predicted molar refractivity (Wildman–Crippen MR) is 114 cm³/mol. The molecule has 8 nitrogen and oxygen atoms in total. The van der Waals surface area contributed by atoms with Crippen LogP contribution >= 0.6 is 0 Å². The van der Waals surface area contributed by atoms with Crippen molar-refractivity contribution in [2.75, 3.05) is 22.4 Å². The van der Waals surface area contributed by atoms with Crippen molar-refractivity contribution in [1.29, 1.82) is 0 Å². The lowest BCUT2D eigenvalue weighted by molar-refractivity contribution is -0.114. The Morgan fingerprint density at radius 3 is 2.10 bits per heavy atom. The molecule has 2 N–H and O–H groups in total. The molecule has 1 amide bonds. The summed E-state index contributed by atoms with van der Waals surface area (Å²) in [5.41, 5.74) is 1.50. The molecule has 0 heterocycles. The summed E-state index contributed by atoms with van der Waals surface area (Å²) in [6.07, 6.45) is 1.04. The number of hydrogen-bond acceptors (Lipinski definition) is 5. The standard InChI is InChI=1S/C19H25N3O5S2/c1-14(2)21-29(26,27)17-11-9-16(10-12-17)20-19(23)13-22(28(4,24)25)18-8-6-5-7-15(18)3/h5-12,14,21H,13H2,1-4H3,(H,20,23). The van der Waals surface area contributed by atoms with E-state index in [0.29, 0.717) is 11.4 Å². The molecule has 10 heteroatoms. The molecule has 158 valence electrons. The second-order valence-electron chi connectivity index (χ2n) is 6.90. The number of rotatable bonds is 8. The maximum absolute atomic E-state index is 12.4. The summed E-state index contributed by atoms with van der Waals surface area (Å²) < 4.78 is 52.2. The fourth-order valence-electron chi connectivity index (χ4n) is 2.65. The van der Waals surface area contributed by atoms with E-state index in [0.717, 1.165) is 16.1 Å². The first-order valence-electron chi connectivity index (χ1n) is 8.86. The predicted octanol–water partition coefficient (Wildman–Crippen LogP) is 2.09. The van der Waals surface area contributed by atoms with Crippen molar-refractivity contribution in [3.05, 3.63) is 54.1 Å². The van der Waals surface area contributed by atoms with Crippen molar-refractivity contribution in [1.82, 2.24) is 4.72 Å². The Morgan fingerprint density at radius 1 is 1.00 bits per heavy atom. The average Bonchev–Trinajstić information content (AvgIpc) is 2.59. The number of benzene rings is 2. The van der Waals surface area contributed by atoms with Gasteiger partial charge in [-0.2, -0.15) is 0 Å². The van der Waals surface area contributed by atoms with Crippen LogP contribution in [-0.2, 0) is 24.8 Å². The van der Waals surface area contributed by atoms with Gasteiger partial charge in [-0.15, -0.1) is 0 Å². The average molecular weight is 440 g/mol. The molecule has 0 fully saturated rings. The highest BCUT2D eigenvalue weighted by Crippen LogP contribution is 2.22. The van der Waals surface area contributed by atoms with Crippen LogP contribution in [0, 0.1) is 6.92 Å². The molecule has 0 bridgehead atoms. The summed E-state index contributed by atoms with van der Waals surface area (Å²) in [4.78, 5) is 12.5. The molecular weight excluding hydrogens is 414 g/mol. The SMILES string of the molecule is Cc1ccccc1N(CC(=O)Nc1ccc(S(=O)(=O)NC(C)C)cc1)S(C)(=O)=O. The molecule has 0 saturated carbocycles. The van der Waals surface area contributed by atoms with Crippen LogP contribution in [0.4, 0.5) is 11.4 Å². The van der Waals surface area contributed by atoms with Gasteiger partial charge in [-0.05, 0) is 56.7 Å². The van der Waals surface area contributed by atoms with Gasteiger partial charge in [0, 0.05) is 11.7 Å². The van der Waals surface area contributed by atoms with Crippen LogP contribution in [0.5, 0.6) is 0 Å². The van der Waals surface area contributed by atoms with Crippen LogP contribution < -0.4 is 14.3 Å². The number of aryl methyl sites for hydroxylation is 1. The van der Waals surface area contributed by atoms with Gasteiger partial charge >= 0.3 is 0 Å². The molecule has 0 saturated heterocycles. The number of para-hydroxylation sites is 1. The van der Waals surface area contributed by atoms with E-state index in [2.05, 4.69) is 10.0 Å². The zero-order chi connectivity index (χ0) is 21.8. The van der Waals surface area contributed by atoms with Crippen molar-refractivity contribution < 1.29 is 21.6 Å². The Labute approximate surface area is 172 Å². The van der Waals surface area contributed by atoms with Crippen LogP contribution in [0.15, 0.2) is 53.4 Å². The highest BCUT2D eigenvalue weighted by Gasteiger charge is 2.22. The minimum Gasteiger partial charge on any atom is -0.325 e. The van der Waals surface area contributed by atoms with E-state index in [-0.39, 0.29) is 10.9 Å². The summed E-state index contributed by atoms with van der Waals surface area (Å²) in [5.74, 6) is -0.547. The van der Waals surface area contributed by atoms with Gasteiger partial charge in [0.2, 0.25) is 26.0 Å². The molecule has 2 aromatic carbocycles. The maximum atomic E-state index is 12.4. The first-order chi connectivity index (χ1) is 13.4. The zero-order valence-electron chi connectivity index (χ0n) is 16.7. The number of anilines is 2. The minimum absolute atomic E-state index is 0.0712. The Morgan fingerprint density at radius 2 is 1.59 bits per heavy atom. The summed E-state index contributed by atoms with van der Waals surface area (Å²) in [6.45, 7) is 4.79. The fourth-order valence-corrected chi connectivity index (χ4v) is 4.82. The van der Waals surface area contributed by atoms with Crippen LogP contribution in [0.2, 0.25) is 0 Å². The quantitative estimate of drug-likeness (QED) is 0.654. The molecule has 0 aliphatic heterocycles. The van der Waals surface area contributed by atoms with Crippen molar-refractivity contribution in [2.24, 2.45) is 0 Å². The Bertz CT molecular complexity index is 1080. The summed E-state index contributed by atoms with van der Waals surface area (Å²) in [5, 5.41) is 2.59.